The van der Waals surface area contributed by atoms with Crippen LogP contribution in [0.5, 0.6) is 5.75 Å². The van der Waals surface area contributed by atoms with Crippen LogP contribution in [0.2, 0.25) is 5.02 Å². The van der Waals surface area contributed by atoms with Gasteiger partial charge in [0.1, 0.15) is 5.75 Å². The number of nitrogens with zero attached hydrogens (tertiary/aromatic N) is 3. The van der Waals surface area contributed by atoms with E-state index in [4.69, 9.17) is 16.3 Å². The molecule has 0 amide bonds. The Morgan fingerprint density at radius 2 is 2.20 bits per heavy atom. The van der Waals surface area contributed by atoms with Gasteiger partial charge in [0, 0.05) is 17.3 Å². The number of pyridine rings is 2. The molecule has 0 aliphatic heterocycles. The van der Waals surface area contributed by atoms with Gasteiger partial charge in [0.2, 0.25) is 5.95 Å². The maximum atomic E-state index is 13.0. The summed E-state index contributed by atoms with van der Waals surface area (Å²) in [5.74, 6) is 0.143. The van der Waals surface area contributed by atoms with Crippen molar-refractivity contribution in [2.24, 2.45) is 0 Å². The van der Waals surface area contributed by atoms with Gasteiger partial charge in [0.15, 0.2) is 0 Å². The number of ether oxygens (including phenoxy) is 1. The fourth-order valence-electron chi connectivity index (χ4n) is 2.06. The molecule has 0 atom stereocenters. The second-order valence-electron chi connectivity index (χ2n) is 4.18. The van der Waals surface area contributed by atoms with Crippen molar-refractivity contribution in [2.45, 2.75) is 6.92 Å². The van der Waals surface area contributed by atoms with Gasteiger partial charge >= 0.3 is 0 Å². The van der Waals surface area contributed by atoms with E-state index in [1.54, 1.807) is 23.0 Å². The quantitative estimate of drug-likeness (QED) is 0.692. The lowest BCUT2D eigenvalue weighted by molar-refractivity contribution is 0.338. The summed E-state index contributed by atoms with van der Waals surface area (Å²) in [6.45, 7) is 2.45. The standard InChI is InChI=1S/C14H11ClFN3O/c1-2-20-10-5-11(9-3-4-13(16)17-6-9)14-12(15)7-18-19(14)8-10/h3-8H,2H2,1H3. The topological polar surface area (TPSA) is 39.4 Å². The predicted octanol–water partition coefficient (Wildman–Crippen LogP) is 3.59. The van der Waals surface area contributed by atoms with Crippen molar-refractivity contribution >= 4 is 17.1 Å². The highest BCUT2D eigenvalue weighted by molar-refractivity contribution is 6.34. The van der Waals surface area contributed by atoms with Crippen LogP contribution < -0.4 is 4.74 Å². The van der Waals surface area contributed by atoms with Crippen LogP contribution in [0.15, 0.2) is 36.8 Å². The summed E-state index contributed by atoms with van der Waals surface area (Å²) >= 11 is 6.17. The lowest BCUT2D eigenvalue weighted by atomic mass is 10.1. The first-order chi connectivity index (χ1) is 9.69. The molecule has 3 rings (SSSR count). The van der Waals surface area contributed by atoms with Gasteiger partial charge in [-0.25, -0.2) is 9.50 Å². The van der Waals surface area contributed by atoms with Crippen LogP contribution in [0, 0.1) is 5.95 Å². The van der Waals surface area contributed by atoms with Crippen LogP contribution in [-0.4, -0.2) is 21.2 Å². The Hall–Kier alpha value is -2.14. The Morgan fingerprint density at radius 1 is 1.35 bits per heavy atom. The van der Waals surface area contributed by atoms with E-state index in [9.17, 15) is 4.39 Å². The Morgan fingerprint density at radius 3 is 2.90 bits per heavy atom. The van der Waals surface area contributed by atoms with E-state index in [-0.39, 0.29) is 0 Å². The normalized spacial score (nSPS) is 10.9. The van der Waals surface area contributed by atoms with Crippen molar-refractivity contribution in [2.75, 3.05) is 6.61 Å². The molecule has 0 aliphatic carbocycles. The first-order valence-corrected chi connectivity index (χ1v) is 6.48. The summed E-state index contributed by atoms with van der Waals surface area (Å²) in [7, 11) is 0. The zero-order valence-electron chi connectivity index (χ0n) is 10.7. The highest BCUT2D eigenvalue weighted by atomic mass is 35.5. The summed E-state index contributed by atoms with van der Waals surface area (Å²) in [5.41, 5.74) is 2.29. The van der Waals surface area contributed by atoms with E-state index in [1.165, 1.54) is 12.3 Å². The molecule has 0 bridgehead atoms. The molecule has 0 spiro atoms. The summed E-state index contributed by atoms with van der Waals surface area (Å²) in [5, 5.41) is 4.70. The minimum atomic E-state index is -0.523. The zero-order valence-corrected chi connectivity index (χ0v) is 11.4. The van der Waals surface area contributed by atoms with E-state index in [1.807, 2.05) is 13.0 Å². The molecule has 0 aliphatic rings. The third-order valence-electron chi connectivity index (χ3n) is 2.89. The van der Waals surface area contributed by atoms with Gasteiger partial charge in [0.05, 0.1) is 29.5 Å². The molecule has 0 radical (unpaired) electrons. The molecular weight excluding hydrogens is 281 g/mol. The Balaban J connectivity index is 2.25. The number of halogens is 2. The molecule has 0 saturated heterocycles. The molecular formula is C14H11ClFN3O. The second-order valence-corrected chi connectivity index (χ2v) is 4.58. The lowest BCUT2D eigenvalue weighted by Crippen LogP contribution is -1.97. The number of hydrogen-bond donors (Lipinski definition) is 0. The number of hydrogen-bond acceptors (Lipinski definition) is 3. The molecule has 20 heavy (non-hydrogen) atoms. The molecule has 0 fully saturated rings. The number of aromatic nitrogens is 3. The van der Waals surface area contributed by atoms with Gasteiger partial charge in [-0.3, -0.25) is 0 Å². The maximum absolute atomic E-state index is 13.0. The Bertz CT molecular complexity index is 755. The summed E-state index contributed by atoms with van der Waals surface area (Å²) in [4.78, 5) is 3.67. The molecule has 3 aromatic heterocycles. The first-order valence-electron chi connectivity index (χ1n) is 6.10. The molecule has 6 heteroatoms. The van der Waals surface area contributed by atoms with Crippen LogP contribution in [0.4, 0.5) is 4.39 Å². The van der Waals surface area contributed by atoms with Crippen molar-refractivity contribution in [3.05, 3.63) is 47.8 Å². The van der Waals surface area contributed by atoms with Gasteiger partial charge in [-0.2, -0.15) is 9.49 Å². The van der Waals surface area contributed by atoms with Crippen LogP contribution in [-0.2, 0) is 0 Å². The van der Waals surface area contributed by atoms with E-state index in [0.29, 0.717) is 17.4 Å². The monoisotopic (exact) mass is 291 g/mol. The van der Waals surface area contributed by atoms with Gasteiger partial charge in [-0.1, -0.05) is 11.6 Å². The third-order valence-corrected chi connectivity index (χ3v) is 3.17. The molecule has 102 valence electrons. The van der Waals surface area contributed by atoms with Crippen molar-refractivity contribution in [3.8, 4) is 16.9 Å². The third kappa shape index (κ3) is 2.20. The van der Waals surface area contributed by atoms with Crippen molar-refractivity contribution in [1.29, 1.82) is 0 Å². The average molecular weight is 292 g/mol. The highest BCUT2D eigenvalue weighted by Gasteiger charge is 2.12. The first kappa shape index (κ1) is 12.9. The molecule has 0 N–H and O–H groups in total. The van der Waals surface area contributed by atoms with Crippen molar-refractivity contribution in [3.63, 3.8) is 0 Å². The zero-order chi connectivity index (χ0) is 14.1. The Kier molecular flexibility index (Phi) is 3.28. The maximum Gasteiger partial charge on any atom is 0.212 e. The smallest absolute Gasteiger partial charge is 0.212 e. The highest BCUT2D eigenvalue weighted by Crippen LogP contribution is 2.32. The van der Waals surface area contributed by atoms with E-state index in [0.717, 1.165) is 16.6 Å². The van der Waals surface area contributed by atoms with Crippen LogP contribution in [0.25, 0.3) is 16.6 Å². The summed E-state index contributed by atoms with van der Waals surface area (Å²) in [6.07, 6.45) is 4.78. The van der Waals surface area contributed by atoms with Gasteiger partial charge < -0.3 is 4.74 Å². The van der Waals surface area contributed by atoms with Gasteiger partial charge in [-0.15, -0.1) is 0 Å². The largest absolute Gasteiger partial charge is 0.492 e. The van der Waals surface area contributed by atoms with E-state index in [2.05, 4.69) is 10.1 Å². The van der Waals surface area contributed by atoms with E-state index >= 15 is 0 Å². The number of fused-ring (bicyclic) bond motifs is 1. The SMILES string of the molecule is CCOc1cc(-c2ccc(F)nc2)c2c(Cl)cnn2c1. The molecule has 0 unspecified atom stereocenters. The fraction of sp³-hybridized carbons (Fsp3) is 0.143. The fourth-order valence-corrected chi connectivity index (χ4v) is 2.29. The van der Waals surface area contributed by atoms with Crippen molar-refractivity contribution < 1.29 is 9.13 Å². The van der Waals surface area contributed by atoms with Crippen molar-refractivity contribution in [1.82, 2.24) is 14.6 Å². The van der Waals surface area contributed by atoms with Crippen LogP contribution in [0.1, 0.15) is 6.92 Å². The summed E-state index contributed by atoms with van der Waals surface area (Å²) < 4.78 is 20.1. The molecule has 3 aromatic rings. The molecule has 0 aromatic carbocycles. The molecule has 3 heterocycles. The molecule has 4 nitrogen and oxygen atoms in total. The minimum absolute atomic E-state index is 0.521. The van der Waals surface area contributed by atoms with Gasteiger partial charge in [0.25, 0.3) is 0 Å². The second kappa shape index (κ2) is 5.09. The Labute approximate surface area is 119 Å². The van der Waals surface area contributed by atoms with Gasteiger partial charge in [-0.05, 0) is 25.1 Å². The summed E-state index contributed by atoms with van der Waals surface area (Å²) in [6, 6.07) is 4.81. The van der Waals surface area contributed by atoms with Crippen LogP contribution >= 0.6 is 11.6 Å². The van der Waals surface area contributed by atoms with Crippen LogP contribution in [0.3, 0.4) is 0 Å². The number of rotatable bonds is 3. The minimum Gasteiger partial charge on any atom is -0.492 e. The lowest BCUT2D eigenvalue weighted by Gasteiger charge is -2.09. The van der Waals surface area contributed by atoms with E-state index < -0.39 is 5.95 Å². The predicted molar refractivity (Wildman–Crippen MR) is 74.6 cm³/mol. The molecule has 0 saturated carbocycles. The average Bonchev–Trinajstić information content (AvgIpc) is 2.81.